The molecule has 0 bridgehead atoms. The summed E-state index contributed by atoms with van der Waals surface area (Å²) in [4.78, 5) is 29.9. The molecule has 1 amide bonds. The van der Waals surface area contributed by atoms with E-state index in [0.717, 1.165) is 18.5 Å². The summed E-state index contributed by atoms with van der Waals surface area (Å²) >= 11 is 0. The molecule has 4 rings (SSSR count). The van der Waals surface area contributed by atoms with Gasteiger partial charge in [-0.15, -0.1) is 0 Å². The van der Waals surface area contributed by atoms with Crippen LogP contribution in [-0.4, -0.2) is 40.3 Å². The second-order valence-corrected chi connectivity index (χ2v) is 8.32. The Morgan fingerprint density at radius 1 is 1.31 bits per heavy atom. The molecule has 3 heterocycles. The fraction of sp³-hybridized carbons (Fsp3) is 0.435. The fourth-order valence-electron chi connectivity index (χ4n) is 3.91. The minimum atomic E-state index is -0.534. The first-order valence-corrected chi connectivity index (χ1v) is 10.8. The number of hydrogen-bond acceptors (Lipinski definition) is 5. The van der Waals surface area contributed by atoms with Crippen LogP contribution in [0.4, 0.5) is 4.39 Å². The molecule has 32 heavy (non-hydrogen) atoms. The lowest BCUT2D eigenvalue weighted by Gasteiger charge is -2.22. The van der Waals surface area contributed by atoms with E-state index >= 15 is 0 Å². The van der Waals surface area contributed by atoms with E-state index in [0.29, 0.717) is 30.5 Å². The average Bonchev–Trinajstić information content (AvgIpc) is 3.22. The third-order valence-electron chi connectivity index (χ3n) is 5.65. The quantitative estimate of drug-likeness (QED) is 0.586. The van der Waals surface area contributed by atoms with Gasteiger partial charge in [-0.05, 0) is 30.9 Å². The van der Waals surface area contributed by atoms with Gasteiger partial charge >= 0.3 is 0 Å². The highest BCUT2D eigenvalue weighted by molar-refractivity contribution is 5.78. The topological polar surface area (TPSA) is 97.7 Å². The molecule has 9 heteroatoms. The number of aromatic nitrogens is 3. The number of para-hydroxylation sites is 1. The molecule has 0 unspecified atom stereocenters. The fourth-order valence-corrected chi connectivity index (χ4v) is 3.91. The highest BCUT2D eigenvalue weighted by atomic mass is 19.1. The SMILES string of the molecule is CC(C)[C@@H](NC(=O)COc1ccccc1F)c1cc(=O)n2[nH]c(C3CCOCC3)cc2n1. The number of hydrogen-bond donors (Lipinski definition) is 2. The van der Waals surface area contributed by atoms with Crippen molar-refractivity contribution in [1.82, 2.24) is 19.9 Å². The minimum Gasteiger partial charge on any atom is -0.481 e. The Kier molecular flexibility index (Phi) is 6.55. The summed E-state index contributed by atoms with van der Waals surface area (Å²) in [5.74, 6) is -0.686. The van der Waals surface area contributed by atoms with E-state index in [1.807, 2.05) is 19.9 Å². The van der Waals surface area contributed by atoms with Crippen LogP contribution < -0.4 is 15.6 Å². The number of carbonyl (C=O) groups is 1. The molecular weight excluding hydrogens is 415 g/mol. The minimum absolute atomic E-state index is 0.00880. The van der Waals surface area contributed by atoms with Crippen molar-refractivity contribution in [2.24, 2.45) is 5.92 Å². The Morgan fingerprint density at radius 2 is 2.06 bits per heavy atom. The first-order chi connectivity index (χ1) is 15.4. The van der Waals surface area contributed by atoms with Gasteiger partial charge in [-0.25, -0.2) is 13.9 Å². The molecule has 1 aromatic carbocycles. The number of carbonyl (C=O) groups excluding carboxylic acids is 1. The number of benzene rings is 1. The van der Waals surface area contributed by atoms with E-state index in [1.54, 1.807) is 12.1 Å². The number of ether oxygens (including phenoxy) is 2. The second kappa shape index (κ2) is 9.52. The summed E-state index contributed by atoms with van der Waals surface area (Å²) in [6, 6.07) is 8.73. The lowest BCUT2D eigenvalue weighted by molar-refractivity contribution is -0.124. The lowest BCUT2D eigenvalue weighted by Crippen LogP contribution is -2.36. The molecule has 0 radical (unpaired) electrons. The van der Waals surface area contributed by atoms with Crippen LogP contribution in [0.3, 0.4) is 0 Å². The zero-order valence-corrected chi connectivity index (χ0v) is 18.1. The molecule has 1 fully saturated rings. The summed E-state index contributed by atoms with van der Waals surface area (Å²) in [5, 5.41) is 6.02. The molecule has 8 nitrogen and oxygen atoms in total. The van der Waals surface area contributed by atoms with Gasteiger partial charge in [0, 0.05) is 37.0 Å². The number of fused-ring (bicyclic) bond motifs is 1. The van der Waals surface area contributed by atoms with Crippen molar-refractivity contribution in [1.29, 1.82) is 0 Å². The van der Waals surface area contributed by atoms with Crippen molar-refractivity contribution in [3.05, 3.63) is 64.0 Å². The Balaban J connectivity index is 1.52. The van der Waals surface area contributed by atoms with Crippen molar-refractivity contribution >= 4 is 11.6 Å². The number of nitrogens with zero attached hydrogens (tertiary/aromatic N) is 2. The number of amides is 1. The summed E-state index contributed by atoms with van der Waals surface area (Å²) < 4.78 is 25.8. The predicted molar refractivity (Wildman–Crippen MR) is 116 cm³/mol. The summed E-state index contributed by atoms with van der Waals surface area (Å²) in [5.41, 5.74) is 1.70. The van der Waals surface area contributed by atoms with Crippen LogP contribution in [-0.2, 0) is 9.53 Å². The third kappa shape index (κ3) is 4.83. The number of rotatable bonds is 7. The first-order valence-electron chi connectivity index (χ1n) is 10.8. The van der Waals surface area contributed by atoms with Gasteiger partial charge in [0.15, 0.2) is 23.8 Å². The Hall–Kier alpha value is -3.20. The molecule has 1 aliphatic rings. The van der Waals surface area contributed by atoms with Crippen molar-refractivity contribution in [3.63, 3.8) is 0 Å². The van der Waals surface area contributed by atoms with Gasteiger partial charge < -0.3 is 14.8 Å². The van der Waals surface area contributed by atoms with Gasteiger partial charge in [-0.3, -0.25) is 14.7 Å². The van der Waals surface area contributed by atoms with Gasteiger partial charge in [-0.1, -0.05) is 26.0 Å². The number of nitrogens with one attached hydrogen (secondary N) is 2. The smallest absolute Gasteiger partial charge is 0.272 e. The summed E-state index contributed by atoms with van der Waals surface area (Å²) in [6.45, 7) is 4.91. The van der Waals surface area contributed by atoms with E-state index in [9.17, 15) is 14.0 Å². The van der Waals surface area contributed by atoms with E-state index < -0.39 is 17.8 Å². The van der Waals surface area contributed by atoms with Gasteiger partial charge in [0.25, 0.3) is 11.5 Å². The largest absolute Gasteiger partial charge is 0.481 e. The van der Waals surface area contributed by atoms with Crippen molar-refractivity contribution < 1.29 is 18.7 Å². The van der Waals surface area contributed by atoms with Crippen LogP contribution >= 0.6 is 0 Å². The number of halogens is 1. The molecular formula is C23H27FN4O4. The molecule has 3 aromatic rings. The zero-order valence-electron chi connectivity index (χ0n) is 18.1. The Morgan fingerprint density at radius 3 is 2.78 bits per heavy atom. The van der Waals surface area contributed by atoms with Gasteiger partial charge in [0.1, 0.15) is 0 Å². The van der Waals surface area contributed by atoms with Crippen molar-refractivity contribution in [2.75, 3.05) is 19.8 Å². The Bertz CT molecular complexity index is 1150. The molecule has 1 atom stereocenters. The molecule has 0 saturated carbocycles. The van der Waals surface area contributed by atoms with Crippen LogP contribution in [0.15, 0.2) is 41.2 Å². The molecule has 1 saturated heterocycles. The molecule has 170 valence electrons. The van der Waals surface area contributed by atoms with E-state index in [2.05, 4.69) is 15.4 Å². The molecule has 1 aliphatic heterocycles. The summed E-state index contributed by atoms with van der Waals surface area (Å²) in [6.07, 6.45) is 1.78. The summed E-state index contributed by atoms with van der Waals surface area (Å²) in [7, 11) is 0. The van der Waals surface area contributed by atoms with Crippen molar-refractivity contribution in [2.45, 2.75) is 38.6 Å². The average molecular weight is 442 g/mol. The zero-order chi connectivity index (χ0) is 22.7. The third-order valence-corrected chi connectivity index (χ3v) is 5.65. The maximum Gasteiger partial charge on any atom is 0.272 e. The Labute approximate surface area is 184 Å². The molecule has 0 aliphatic carbocycles. The standard InChI is InChI=1S/C23H27FN4O4/c1-14(2)23(26-21(29)13-32-19-6-4-3-5-16(19)24)18-12-22(30)28-20(25-18)11-17(27-28)15-7-9-31-10-8-15/h3-6,11-12,14-15,23,27H,7-10,13H2,1-2H3,(H,26,29)/t23-/m1/s1. The number of aromatic amines is 1. The molecule has 2 aromatic heterocycles. The van der Waals surface area contributed by atoms with Crippen molar-refractivity contribution in [3.8, 4) is 5.75 Å². The van der Waals surface area contributed by atoms with Crippen LogP contribution in [0.1, 0.15) is 50.0 Å². The van der Waals surface area contributed by atoms with Gasteiger partial charge in [0.2, 0.25) is 0 Å². The van der Waals surface area contributed by atoms with Gasteiger partial charge in [0.05, 0.1) is 11.7 Å². The van der Waals surface area contributed by atoms with E-state index in [-0.39, 0.29) is 23.8 Å². The first kappa shape index (κ1) is 22.0. The van der Waals surface area contributed by atoms with Crippen LogP contribution in [0.2, 0.25) is 0 Å². The van der Waals surface area contributed by atoms with Crippen LogP contribution in [0.5, 0.6) is 5.75 Å². The van der Waals surface area contributed by atoms with Crippen LogP contribution in [0.25, 0.3) is 5.65 Å². The van der Waals surface area contributed by atoms with E-state index in [1.165, 1.54) is 22.7 Å². The predicted octanol–water partition coefficient (Wildman–Crippen LogP) is 2.95. The monoisotopic (exact) mass is 442 g/mol. The lowest BCUT2D eigenvalue weighted by atomic mass is 9.97. The maximum atomic E-state index is 13.7. The molecule has 0 spiro atoms. The van der Waals surface area contributed by atoms with Crippen LogP contribution in [0, 0.1) is 11.7 Å². The highest BCUT2D eigenvalue weighted by Crippen LogP contribution is 2.27. The highest BCUT2D eigenvalue weighted by Gasteiger charge is 2.23. The molecule has 2 N–H and O–H groups in total. The van der Waals surface area contributed by atoms with Gasteiger partial charge in [-0.2, -0.15) is 0 Å². The normalized spacial score (nSPS) is 15.8. The number of H-pyrrole nitrogens is 1. The maximum absolute atomic E-state index is 13.7. The second-order valence-electron chi connectivity index (χ2n) is 8.32. The van der Waals surface area contributed by atoms with E-state index in [4.69, 9.17) is 9.47 Å².